The lowest BCUT2D eigenvalue weighted by Crippen LogP contribution is -2.35. The first-order valence-electron chi connectivity index (χ1n) is 8.58. The molecule has 1 saturated heterocycles. The molecular weight excluding hydrogens is 316 g/mol. The Balaban J connectivity index is 1.76. The fourth-order valence-corrected chi connectivity index (χ4v) is 3.04. The molecule has 25 heavy (non-hydrogen) atoms. The zero-order valence-electron chi connectivity index (χ0n) is 15.0. The van der Waals surface area contributed by atoms with Gasteiger partial charge in [0.2, 0.25) is 11.8 Å². The van der Waals surface area contributed by atoms with Gasteiger partial charge in [-0.05, 0) is 38.9 Å². The van der Waals surface area contributed by atoms with Crippen molar-refractivity contribution in [1.29, 1.82) is 0 Å². The van der Waals surface area contributed by atoms with Gasteiger partial charge in [0.1, 0.15) is 11.6 Å². The molecule has 1 amide bonds. The smallest absolute Gasteiger partial charge is 0.236 e. The van der Waals surface area contributed by atoms with Crippen LogP contribution in [0.2, 0.25) is 0 Å². The van der Waals surface area contributed by atoms with Crippen LogP contribution in [0.15, 0.2) is 30.3 Å². The van der Waals surface area contributed by atoms with E-state index < -0.39 is 0 Å². The van der Waals surface area contributed by atoms with Crippen molar-refractivity contribution in [1.82, 2.24) is 20.2 Å². The SMILES string of the molecule is CNCC(=O)N1CC[C@@H](c2nc(C)cc(Oc3ccccc3C)n2)C1. The molecule has 0 bridgehead atoms. The van der Waals surface area contributed by atoms with Gasteiger partial charge in [-0.25, -0.2) is 4.98 Å². The number of likely N-dealkylation sites (tertiary alicyclic amines) is 1. The van der Waals surface area contributed by atoms with Crippen molar-refractivity contribution in [2.75, 3.05) is 26.7 Å². The molecular formula is C19H24N4O2. The lowest BCUT2D eigenvalue weighted by Gasteiger charge is -2.16. The predicted octanol–water partition coefficient (Wildman–Crippen LogP) is 2.42. The number of hydrogen-bond donors (Lipinski definition) is 1. The number of nitrogens with one attached hydrogen (secondary N) is 1. The largest absolute Gasteiger partial charge is 0.439 e. The van der Waals surface area contributed by atoms with Gasteiger partial charge < -0.3 is 15.0 Å². The van der Waals surface area contributed by atoms with Crippen molar-refractivity contribution in [3.05, 3.63) is 47.4 Å². The number of aryl methyl sites for hydroxylation is 2. The van der Waals surface area contributed by atoms with Crippen molar-refractivity contribution in [3.8, 4) is 11.6 Å². The molecule has 1 aromatic heterocycles. The van der Waals surface area contributed by atoms with E-state index in [0.29, 0.717) is 19.0 Å². The fourth-order valence-electron chi connectivity index (χ4n) is 3.04. The molecule has 1 aliphatic heterocycles. The highest BCUT2D eigenvalue weighted by atomic mass is 16.5. The number of ether oxygens (including phenoxy) is 1. The number of carbonyl (C=O) groups excluding carboxylic acids is 1. The van der Waals surface area contributed by atoms with Crippen molar-refractivity contribution in [2.45, 2.75) is 26.2 Å². The number of para-hydroxylation sites is 1. The lowest BCUT2D eigenvalue weighted by molar-refractivity contribution is -0.129. The molecule has 0 unspecified atom stereocenters. The molecule has 6 nitrogen and oxygen atoms in total. The van der Waals surface area contributed by atoms with Crippen LogP contribution < -0.4 is 10.1 Å². The van der Waals surface area contributed by atoms with E-state index in [0.717, 1.165) is 35.8 Å². The van der Waals surface area contributed by atoms with Gasteiger partial charge in [-0.2, -0.15) is 4.98 Å². The molecule has 6 heteroatoms. The summed E-state index contributed by atoms with van der Waals surface area (Å²) in [5.74, 6) is 2.37. The van der Waals surface area contributed by atoms with Gasteiger partial charge in [0, 0.05) is 30.8 Å². The average molecular weight is 340 g/mol. The van der Waals surface area contributed by atoms with Crippen LogP contribution in [0.3, 0.4) is 0 Å². The number of aromatic nitrogens is 2. The standard InChI is InChI=1S/C19H24N4O2/c1-13-6-4-5-7-16(13)25-17-10-14(2)21-19(22-17)15-8-9-23(12-15)18(24)11-20-3/h4-7,10,15,20H,8-9,11-12H2,1-3H3/t15-/m1/s1. The van der Waals surface area contributed by atoms with Gasteiger partial charge in [-0.15, -0.1) is 0 Å². The number of benzene rings is 1. The minimum absolute atomic E-state index is 0.119. The van der Waals surface area contributed by atoms with Gasteiger partial charge >= 0.3 is 0 Å². The molecule has 3 rings (SSSR count). The summed E-state index contributed by atoms with van der Waals surface area (Å²) in [6.45, 7) is 5.72. The van der Waals surface area contributed by atoms with Crippen LogP contribution in [0.4, 0.5) is 0 Å². The maximum absolute atomic E-state index is 12.0. The highest BCUT2D eigenvalue weighted by molar-refractivity contribution is 5.78. The Morgan fingerprint density at radius 1 is 1.32 bits per heavy atom. The Bertz CT molecular complexity index is 763. The van der Waals surface area contributed by atoms with Crippen LogP contribution in [-0.4, -0.2) is 47.5 Å². The summed E-state index contributed by atoms with van der Waals surface area (Å²) in [6.07, 6.45) is 0.878. The highest BCUT2D eigenvalue weighted by Gasteiger charge is 2.29. The van der Waals surface area contributed by atoms with E-state index in [1.807, 2.05) is 49.1 Å². The molecule has 0 saturated carbocycles. The van der Waals surface area contributed by atoms with Gasteiger partial charge in [0.25, 0.3) is 0 Å². The van der Waals surface area contributed by atoms with Gasteiger partial charge in [-0.1, -0.05) is 18.2 Å². The zero-order chi connectivity index (χ0) is 17.8. The van der Waals surface area contributed by atoms with Crippen molar-refractivity contribution in [3.63, 3.8) is 0 Å². The number of carbonyl (C=O) groups is 1. The predicted molar refractivity (Wildman–Crippen MR) is 95.9 cm³/mol. The van der Waals surface area contributed by atoms with Gasteiger partial charge in [-0.3, -0.25) is 4.79 Å². The summed E-state index contributed by atoms with van der Waals surface area (Å²) < 4.78 is 5.96. The summed E-state index contributed by atoms with van der Waals surface area (Å²) >= 11 is 0. The number of rotatable bonds is 5. The summed E-state index contributed by atoms with van der Waals surface area (Å²) in [7, 11) is 1.78. The van der Waals surface area contributed by atoms with E-state index in [9.17, 15) is 4.79 Å². The Kier molecular flexibility index (Phi) is 5.28. The second kappa shape index (κ2) is 7.61. The van der Waals surface area contributed by atoms with E-state index in [1.165, 1.54) is 0 Å². The third-order valence-corrected chi connectivity index (χ3v) is 4.39. The van der Waals surface area contributed by atoms with Crippen LogP contribution in [0.5, 0.6) is 11.6 Å². The van der Waals surface area contributed by atoms with Crippen molar-refractivity contribution in [2.24, 2.45) is 0 Å². The third-order valence-electron chi connectivity index (χ3n) is 4.39. The monoisotopic (exact) mass is 340 g/mol. The number of amides is 1. The first kappa shape index (κ1) is 17.4. The first-order chi connectivity index (χ1) is 12.1. The summed E-state index contributed by atoms with van der Waals surface area (Å²) in [4.78, 5) is 23.1. The zero-order valence-corrected chi connectivity index (χ0v) is 15.0. The number of likely N-dealkylation sites (N-methyl/N-ethyl adjacent to an activating group) is 1. The van der Waals surface area contributed by atoms with Gasteiger partial charge in [0.15, 0.2) is 0 Å². The third kappa shape index (κ3) is 4.14. The normalized spacial score (nSPS) is 16.9. The molecule has 1 fully saturated rings. The maximum atomic E-state index is 12.0. The van der Waals surface area contributed by atoms with E-state index in [4.69, 9.17) is 4.74 Å². The Morgan fingerprint density at radius 2 is 2.12 bits per heavy atom. The Hall–Kier alpha value is -2.47. The van der Waals surface area contributed by atoms with Crippen LogP contribution in [0, 0.1) is 13.8 Å². The molecule has 1 atom stereocenters. The fraction of sp³-hybridized carbons (Fsp3) is 0.421. The van der Waals surface area contributed by atoms with Crippen molar-refractivity contribution < 1.29 is 9.53 Å². The molecule has 0 aliphatic carbocycles. The lowest BCUT2D eigenvalue weighted by atomic mass is 10.1. The topological polar surface area (TPSA) is 67.4 Å². The van der Waals surface area contributed by atoms with Crippen LogP contribution in [0.25, 0.3) is 0 Å². The average Bonchev–Trinajstić information content (AvgIpc) is 3.07. The summed E-state index contributed by atoms with van der Waals surface area (Å²) in [5, 5.41) is 2.91. The molecule has 1 N–H and O–H groups in total. The van der Waals surface area contributed by atoms with E-state index in [-0.39, 0.29) is 11.8 Å². The van der Waals surface area contributed by atoms with E-state index >= 15 is 0 Å². The van der Waals surface area contributed by atoms with Crippen LogP contribution >= 0.6 is 0 Å². The number of nitrogens with zero attached hydrogens (tertiary/aromatic N) is 3. The van der Waals surface area contributed by atoms with Crippen LogP contribution in [0.1, 0.15) is 29.4 Å². The van der Waals surface area contributed by atoms with E-state index in [1.54, 1.807) is 7.05 Å². The molecule has 0 radical (unpaired) electrons. The molecule has 2 aromatic rings. The van der Waals surface area contributed by atoms with Crippen molar-refractivity contribution >= 4 is 5.91 Å². The quantitative estimate of drug-likeness (QED) is 0.905. The van der Waals surface area contributed by atoms with E-state index in [2.05, 4.69) is 15.3 Å². The Labute approximate surface area is 148 Å². The minimum atomic E-state index is 0.119. The second-order valence-electron chi connectivity index (χ2n) is 6.43. The maximum Gasteiger partial charge on any atom is 0.236 e. The summed E-state index contributed by atoms with van der Waals surface area (Å²) in [6, 6.07) is 9.70. The highest BCUT2D eigenvalue weighted by Crippen LogP contribution is 2.28. The summed E-state index contributed by atoms with van der Waals surface area (Å²) in [5.41, 5.74) is 1.93. The first-order valence-corrected chi connectivity index (χ1v) is 8.58. The second-order valence-corrected chi connectivity index (χ2v) is 6.43. The number of hydrogen-bond acceptors (Lipinski definition) is 5. The Morgan fingerprint density at radius 3 is 2.88 bits per heavy atom. The van der Waals surface area contributed by atoms with Gasteiger partial charge in [0.05, 0.1) is 6.54 Å². The molecule has 1 aromatic carbocycles. The molecule has 0 spiro atoms. The molecule has 132 valence electrons. The van der Waals surface area contributed by atoms with Crippen LogP contribution in [-0.2, 0) is 4.79 Å². The minimum Gasteiger partial charge on any atom is -0.439 e. The molecule has 1 aliphatic rings. The molecule has 2 heterocycles.